The highest BCUT2D eigenvalue weighted by Gasteiger charge is 2.15. The van der Waals surface area contributed by atoms with Gasteiger partial charge in [-0.2, -0.15) is 0 Å². The van der Waals surface area contributed by atoms with Gasteiger partial charge in [0.1, 0.15) is 18.1 Å². The lowest BCUT2D eigenvalue weighted by atomic mass is 10.1. The second-order valence-electron chi connectivity index (χ2n) is 5.06. The van der Waals surface area contributed by atoms with Crippen molar-refractivity contribution in [2.75, 3.05) is 7.11 Å². The average Bonchev–Trinajstić information content (AvgIpc) is 3.10. The molecule has 3 aromatic rings. The Morgan fingerprint density at radius 1 is 1.00 bits per heavy atom. The molecule has 0 aliphatic heterocycles. The largest absolute Gasteiger partial charge is 0.497 e. The van der Waals surface area contributed by atoms with E-state index in [4.69, 9.17) is 9.47 Å². The van der Waals surface area contributed by atoms with Crippen LogP contribution in [0.5, 0.6) is 5.75 Å². The fourth-order valence-electron chi connectivity index (χ4n) is 2.34. The lowest BCUT2D eigenvalue weighted by Crippen LogP contribution is -2.07. The molecule has 2 aromatic carbocycles. The van der Waals surface area contributed by atoms with E-state index in [-0.39, 0.29) is 12.6 Å². The van der Waals surface area contributed by atoms with Crippen LogP contribution in [0, 0.1) is 0 Å². The molecule has 0 aliphatic carbocycles. The minimum atomic E-state index is -0.371. The Balaban J connectivity index is 1.75. The minimum Gasteiger partial charge on any atom is -0.497 e. The molecular formula is C19H17NO3. The van der Waals surface area contributed by atoms with E-state index in [1.165, 1.54) is 0 Å². The van der Waals surface area contributed by atoms with Crippen LogP contribution in [0.15, 0.2) is 66.9 Å². The smallest absolute Gasteiger partial charge is 0.355 e. The van der Waals surface area contributed by atoms with E-state index < -0.39 is 0 Å². The highest BCUT2D eigenvalue weighted by Crippen LogP contribution is 2.26. The predicted octanol–water partition coefficient (Wildman–Crippen LogP) is 4.05. The Labute approximate surface area is 134 Å². The van der Waals surface area contributed by atoms with Crippen molar-refractivity contribution in [3.05, 3.63) is 78.1 Å². The zero-order valence-electron chi connectivity index (χ0n) is 12.8. The number of aromatic amines is 1. The van der Waals surface area contributed by atoms with Gasteiger partial charge < -0.3 is 14.5 Å². The molecular weight excluding hydrogens is 290 g/mol. The second-order valence-corrected chi connectivity index (χ2v) is 5.06. The van der Waals surface area contributed by atoms with E-state index >= 15 is 0 Å². The van der Waals surface area contributed by atoms with E-state index in [2.05, 4.69) is 4.98 Å². The molecule has 0 unspecified atom stereocenters. The van der Waals surface area contributed by atoms with Crippen LogP contribution in [0.4, 0.5) is 0 Å². The van der Waals surface area contributed by atoms with E-state index in [0.29, 0.717) is 5.69 Å². The second kappa shape index (κ2) is 6.83. The summed E-state index contributed by atoms with van der Waals surface area (Å²) in [5, 5.41) is 0. The third-order valence-corrected chi connectivity index (χ3v) is 3.56. The van der Waals surface area contributed by atoms with Crippen LogP contribution in [-0.2, 0) is 11.3 Å². The van der Waals surface area contributed by atoms with Crippen molar-refractivity contribution in [1.29, 1.82) is 0 Å². The number of carbonyl (C=O) groups is 1. The molecule has 1 N–H and O–H groups in total. The maximum atomic E-state index is 12.3. The lowest BCUT2D eigenvalue weighted by Gasteiger charge is -2.07. The van der Waals surface area contributed by atoms with Crippen molar-refractivity contribution in [2.45, 2.75) is 6.61 Å². The van der Waals surface area contributed by atoms with Crippen LogP contribution in [0.25, 0.3) is 11.1 Å². The van der Waals surface area contributed by atoms with Crippen LogP contribution in [0.3, 0.4) is 0 Å². The molecule has 4 heteroatoms. The molecule has 0 atom stereocenters. The summed E-state index contributed by atoms with van der Waals surface area (Å²) in [6.45, 7) is 0.251. The summed E-state index contributed by atoms with van der Waals surface area (Å²) in [6.07, 6.45) is 1.73. The molecule has 0 fully saturated rings. The Morgan fingerprint density at radius 3 is 2.43 bits per heavy atom. The van der Waals surface area contributed by atoms with Crippen LogP contribution in [0.1, 0.15) is 16.1 Å². The number of hydrogen-bond acceptors (Lipinski definition) is 3. The molecule has 1 heterocycles. The molecule has 0 saturated carbocycles. The molecule has 0 spiro atoms. The van der Waals surface area contributed by atoms with Gasteiger partial charge in [0.25, 0.3) is 0 Å². The number of esters is 1. The van der Waals surface area contributed by atoms with Crippen molar-refractivity contribution < 1.29 is 14.3 Å². The Morgan fingerprint density at radius 2 is 1.74 bits per heavy atom. The average molecular weight is 307 g/mol. The fraction of sp³-hybridized carbons (Fsp3) is 0.105. The van der Waals surface area contributed by atoms with Gasteiger partial charge in [-0.3, -0.25) is 0 Å². The number of H-pyrrole nitrogens is 1. The third-order valence-electron chi connectivity index (χ3n) is 3.56. The summed E-state index contributed by atoms with van der Waals surface area (Å²) < 4.78 is 10.5. The SMILES string of the molecule is COc1ccc(-c2cc[nH]c2C(=O)OCc2ccccc2)cc1. The van der Waals surface area contributed by atoms with Gasteiger partial charge in [-0.15, -0.1) is 0 Å². The number of benzene rings is 2. The van der Waals surface area contributed by atoms with E-state index in [9.17, 15) is 4.79 Å². The first kappa shape index (κ1) is 14.9. The zero-order chi connectivity index (χ0) is 16.1. The standard InChI is InChI=1S/C19H17NO3/c1-22-16-9-7-15(8-10-16)17-11-12-20-18(17)19(21)23-13-14-5-3-2-4-6-14/h2-12,20H,13H2,1H3. The van der Waals surface area contributed by atoms with Gasteiger partial charge in [-0.05, 0) is 29.3 Å². The van der Waals surface area contributed by atoms with Crippen molar-refractivity contribution in [3.8, 4) is 16.9 Å². The fourth-order valence-corrected chi connectivity index (χ4v) is 2.34. The molecule has 0 bridgehead atoms. The van der Waals surface area contributed by atoms with Crippen LogP contribution >= 0.6 is 0 Å². The summed E-state index contributed by atoms with van der Waals surface area (Å²) in [5.74, 6) is 0.405. The summed E-state index contributed by atoms with van der Waals surface area (Å²) in [5.41, 5.74) is 3.15. The first-order valence-electron chi connectivity index (χ1n) is 7.31. The summed E-state index contributed by atoms with van der Waals surface area (Å²) in [6, 6.07) is 19.0. The zero-order valence-corrected chi connectivity index (χ0v) is 12.8. The van der Waals surface area contributed by atoms with E-state index in [0.717, 1.165) is 22.4 Å². The quantitative estimate of drug-likeness (QED) is 0.724. The van der Waals surface area contributed by atoms with Crippen molar-refractivity contribution in [3.63, 3.8) is 0 Å². The summed E-state index contributed by atoms with van der Waals surface area (Å²) in [7, 11) is 1.62. The molecule has 23 heavy (non-hydrogen) atoms. The summed E-state index contributed by atoms with van der Waals surface area (Å²) >= 11 is 0. The first-order valence-corrected chi connectivity index (χ1v) is 7.31. The topological polar surface area (TPSA) is 51.3 Å². The normalized spacial score (nSPS) is 10.3. The number of ether oxygens (including phenoxy) is 2. The number of hydrogen-bond donors (Lipinski definition) is 1. The number of rotatable bonds is 5. The predicted molar refractivity (Wildman–Crippen MR) is 88.3 cm³/mol. The molecule has 0 radical (unpaired) electrons. The number of aromatic nitrogens is 1. The number of methoxy groups -OCH3 is 1. The molecule has 3 rings (SSSR count). The molecule has 4 nitrogen and oxygen atoms in total. The van der Waals surface area contributed by atoms with Gasteiger partial charge in [0.05, 0.1) is 7.11 Å². The van der Waals surface area contributed by atoms with Crippen molar-refractivity contribution in [1.82, 2.24) is 4.98 Å². The minimum absolute atomic E-state index is 0.251. The number of carbonyl (C=O) groups excluding carboxylic acids is 1. The highest BCUT2D eigenvalue weighted by atomic mass is 16.5. The Bertz CT molecular complexity index is 776. The molecule has 0 amide bonds. The van der Waals surface area contributed by atoms with Gasteiger partial charge in [-0.1, -0.05) is 42.5 Å². The van der Waals surface area contributed by atoms with Gasteiger partial charge >= 0.3 is 5.97 Å². The van der Waals surface area contributed by atoms with Crippen LogP contribution in [0.2, 0.25) is 0 Å². The Hall–Kier alpha value is -3.01. The monoisotopic (exact) mass is 307 g/mol. The van der Waals surface area contributed by atoms with Crippen molar-refractivity contribution in [2.24, 2.45) is 0 Å². The van der Waals surface area contributed by atoms with Gasteiger partial charge in [0.15, 0.2) is 0 Å². The molecule has 1 aromatic heterocycles. The van der Waals surface area contributed by atoms with Crippen LogP contribution < -0.4 is 4.74 Å². The first-order chi connectivity index (χ1) is 11.3. The van der Waals surface area contributed by atoms with Gasteiger partial charge in [0.2, 0.25) is 0 Å². The maximum absolute atomic E-state index is 12.3. The van der Waals surface area contributed by atoms with Gasteiger partial charge in [-0.25, -0.2) is 4.79 Å². The van der Waals surface area contributed by atoms with E-state index in [1.54, 1.807) is 13.3 Å². The molecule has 116 valence electrons. The maximum Gasteiger partial charge on any atom is 0.355 e. The van der Waals surface area contributed by atoms with Crippen LogP contribution in [-0.4, -0.2) is 18.1 Å². The third kappa shape index (κ3) is 3.43. The highest BCUT2D eigenvalue weighted by molar-refractivity contribution is 5.95. The lowest BCUT2D eigenvalue weighted by molar-refractivity contribution is 0.0467. The number of nitrogens with one attached hydrogen (secondary N) is 1. The van der Waals surface area contributed by atoms with Gasteiger partial charge in [0, 0.05) is 11.8 Å². The van der Waals surface area contributed by atoms with Crippen molar-refractivity contribution >= 4 is 5.97 Å². The summed E-state index contributed by atoms with van der Waals surface area (Å²) in [4.78, 5) is 15.3. The molecule has 0 aliphatic rings. The Kier molecular flexibility index (Phi) is 4.43. The molecule has 0 saturated heterocycles. The van der Waals surface area contributed by atoms with E-state index in [1.807, 2.05) is 60.7 Å².